The van der Waals surface area contributed by atoms with Crippen LogP contribution in [0.25, 0.3) is 0 Å². The molecule has 3 rings (SSSR count). The first-order valence-corrected chi connectivity index (χ1v) is 10.5. The number of rotatable bonds is 5. The zero-order valence-electron chi connectivity index (χ0n) is 16.7. The van der Waals surface area contributed by atoms with Gasteiger partial charge in [-0.3, -0.25) is 9.69 Å². The van der Waals surface area contributed by atoms with Crippen molar-refractivity contribution < 1.29 is 19.2 Å². The highest BCUT2D eigenvalue weighted by atomic mass is 32.1. The van der Waals surface area contributed by atoms with Gasteiger partial charge in [-0.25, -0.2) is 4.79 Å². The molecule has 7 heteroatoms. The molecule has 0 aliphatic carbocycles. The molecule has 1 aliphatic rings. The minimum atomic E-state index is -0.222. The molecule has 0 unspecified atom stereocenters. The van der Waals surface area contributed by atoms with Crippen molar-refractivity contribution in [3.8, 4) is 0 Å². The minimum absolute atomic E-state index is 0.0785. The van der Waals surface area contributed by atoms with E-state index in [1.54, 1.807) is 16.2 Å². The number of piperazine rings is 1. The third kappa shape index (κ3) is 4.72. The number of quaternary nitrogens is 1. The number of ether oxygens (including phenoxy) is 1. The molecule has 1 aromatic carbocycles. The predicted molar refractivity (Wildman–Crippen MR) is 111 cm³/mol. The maximum absolute atomic E-state index is 12.6. The van der Waals surface area contributed by atoms with Crippen LogP contribution in [0, 0.1) is 13.8 Å². The van der Waals surface area contributed by atoms with Crippen molar-refractivity contribution in [2.24, 2.45) is 0 Å². The van der Waals surface area contributed by atoms with E-state index in [9.17, 15) is 9.59 Å². The average molecular weight is 403 g/mol. The SMILES string of the molecule is CCOC(=O)N1CC[NH+](Cc2c(NC(=O)c3ccccc3)sc(C)c2C)CC1. The van der Waals surface area contributed by atoms with E-state index in [1.165, 1.54) is 20.9 Å². The number of benzene rings is 1. The van der Waals surface area contributed by atoms with Crippen LogP contribution in [0.1, 0.15) is 33.3 Å². The zero-order valence-corrected chi connectivity index (χ0v) is 17.5. The number of carbonyl (C=O) groups excluding carboxylic acids is 2. The molecule has 0 bridgehead atoms. The lowest BCUT2D eigenvalue weighted by atomic mass is 10.1. The fraction of sp³-hybridized carbons (Fsp3) is 0.429. The van der Waals surface area contributed by atoms with Crippen LogP contribution in [0.2, 0.25) is 0 Å². The second-order valence-electron chi connectivity index (χ2n) is 7.02. The smallest absolute Gasteiger partial charge is 0.410 e. The summed E-state index contributed by atoms with van der Waals surface area (Å²) in [6.45, 7) is 10.4. The molecular weight excluding hydrogens is 374 g/mol. The standard InChI is InChI=1S/C21H27N3O3S/c1-4-27-21(26)24-12-10-23(11-13-24)14-18-15(2)16(3)28-20(18)22-19(25)17-8-6-5-7-9-17/h5-9H,4,10-14H2,1-3H3,(H,22,25)/p+1. The quantitative estimate of drug-likeness (QED) is 0.808. The summed E-state index contributed by atoms with van der Waals surface area (Å²) in [4.78, 5) is 28.9. The number of nitrogens with one attached hydrogen (secondary N) is 2. The van der Waals surface area contributed by atoms with Gasteiger partial charge in [0.25, 0.3) is 5.91 Å². The van der Waals surface area contributed by atoms with Crippen molar-refractivity contribution in [2.45, 2.75) is 27.3 Å². The fourth-order valence-corrected chi connectivity index (χ4v) is 4.47. The number of aryl methyl sites for hydroxylation is 1. The van der Waals surface area contributed by atoms with Gasteiger partial charge in [0.15, 0.2) is 0 Å². The third-order valence-corrected chi connectivity index (χ3v) is 6.36. The Morgan fingerprint density at radius 1 is 1.18 bits per heavy atom. The number of amides is 2. The summed E-state index contributed by atoms with van der Waals surface area (Å²) < 4.78 is 5.09. The Morgan fingerprint density at radius 3 is 2.50 bits per heavy atom. The Kier molecular flexibility index (Phi) is 6.70. The Hall–Kier alpha value is -2.38. The Balaban J connectivity index is 1.66. The van der Waals surface area contributed by atoms with E-state index in [0.29, 0.717) is 25.3 Å². The summed E-state index contributed by atoms with van der Waals surface area (Å²) in [7, 11) is 0. The van der Waals surface area contributed by atoms with E-state index in [0.717, 1.165) is 24.6 Å². The van der Waals surface area contributed by atoms with Crippen LogP contribution in [0.5, 0.6) is 0 Å². The van der Waals surface area contributed by atoms with Gasteiger partial charge in [0.05, 0.1) is 32.8 Å². The molecule has 150 valence electrons. The van der Waals surface area contributed by atoms with Crippen LogP contribution in [0.3, 0.4) is 0 Å². The van der Waals surface area contributed by atoms with Gasteiger partial charge in [-0.05, 0) is 38.5 Å². The summed E-state index contributed by atoms with van der Waals surface area (Å²) in [5.41, 5.74) is 3.10. The molecular formula is C21H28N3O3S+. The number of nitrogens with zero attached hydrogens (tertiary/aromatic N) is 1. The van der Waals surface area contributed by atoms with Crippen molar-refractivity contribution in [2.75, 3.05) is 38.1 Å². The Morgan fingerprint density at radius 2 is 1.86 bits per heavy atom. The van der Waals surface area contributed by atoms with Crippen molar-refractivity contribution in [3.05, 3.63) is 51.9 Å². The van der Waals surface area contributed by atoms with Crippen LogP contribution in [-0.4, -0.2) is 49.7 Å². The van der Waals surface area contributed by atoms with Gasteiger partial charge in [-0.2, -0.15) is 0 Å². The van der Waals surface area contributed by atoms with Crippen molar-refractivity contribution in [3.63, 3.8) is 0 Å². The molecule has 0 atom stereocenters. The zero-order chi connectivity index (χ0) is 20.1. The highest BCUT2D eigenvalue weighted by molar-refractivity contribution is 7.16. The monoisotopic (exact) mass is 402 g/mol. The number of hydrogen-bond acceptors (Lipinski definition) is 4. The summed E-state index contributed by atoms with van der Waals surface area (Å²) >= 11 is 1.63. The lowest BCUT2D eigenvalue weighted by Crippen LogP contribution is -3.13. The predicted octanol–water partition coefficient (Wildman–Crippen LogP) is 2.47. The number of hydrogen-bond donors (Lipinski definition) is 2. The average Bonchev–Trinajstić information content (AvgIpc) is 2.97. The van der Waals surface area contributed by atoms with Crippen molar-refractivity contribution in [1.29, 1.82) is 0 Å². The van der Waals surface area contributed by atoms with Gasteiger partial charge in [0, 0.05) is 16.0 Å². The van der Waals surface area contributed by atoms with E-state index < -0.39 is 0 Å². The first-order valence-electron chi connectivity index (χ1n) is 9.70. The second-order valence-corrected chi connectivity index (χ2v) is 8.25. The summed E-state index contributed by atoms with van der Waals surface area (Å²) in [5.74, 6) is -0.0785. The first kappa shape index (κ1) is 20.4. The largest absolute Gasteiger partial charge is 0.450 e. The molecule has 2 amide bonds. The third-order valence-electron chi connectivity index (χ3n) is 5.20. The van der Waals surface area contributed by atoms with E-state index in [2.05, 4.69) is 19.2 Å². The molecule has 2 N–H and O–H groups in total. The van der Waals surface area contributed by atoms with Crippen LogP contribution in [-0.2, 0) is 11.3 Å². The molecule has 2 heterocycles. The fourth-order valence-electron chi connectivity index (χ4n) is 3.40. The molecule has 1 aliphatic heterocycles. The van der Waals surface area contributed by atoms with E-state index in [1.807, 2.05) is 37.3 Å². The topological polar surface area (TPSA) is 63.1 Å². The molecule has 1 aromatic heterocycles. The Bertz CT molecular complexity index is 827. The second kappa shape index (κ2) is 9.21. The lowest BCUT2D eigenvalue weighted by Gasteiger charge is -2.31. The van der Waals surface area contributed by atoms with Crippen LogP contribution in [0.4, 0.5) is 9.80 Å². The van der Waals surface area contributed by atoms with Crippen LogP contribution in [0.15, 0.2) is 30.3 Å². The molecule has 0 radical (unpaired) electrons. The number of carbonyl (C=O) groups is 2. The van der Waals surface area contributed by atoms with Crippen LogP contribution >= 0.6 is 11.3 Å². The lowest BCUT2D eigenvalue weighted by molar-refractivity contribution is -0.917. The highest BCUT2D eigenvalue weighted by Gasteiger charge is 2.27. The van der Waals surface area contributed by atoms with E-state index >= 15 is 0 Å². The first-order chi connectivity index (χ1) is 13.5. The van der Waals surface area contributed by atoms with Crippen molar-refractivity contribution in [1.82, 2.24) is 4.90 Å². The number of anilines is 1. The molecule has 2 aromatic rings. The van der Waals surface area contributed by atoms with Gasteiger partial charge >= 0.3 is 6.09 Å². The van der Waals surface area contributed by atoms with E-state index in [-0.39, 0.29) is 12.0 Å². The molecule has 1 saturated heterocycles. The minimum Gasteiger partial charge on any atom is -0.450 e. The summed E-state index contributed by atoms with van der Waals surface area (Å²) in [6, 6.07) is 9.28. The summed E-state index contributed by atoms with van der Waals surface area (Å²) in [6.07, 6.45) is -0.222. The maximum atomic E-state index is 12.6. The van der Waals surface area contributed by atoms with Crippen LogP contribution < -0.4 is 10.2 Å². The van der Waals surface area contributed by atoms with Gasteiger partial charge < -0.3 is 15.0 Å². The van der Waals surface area contributed by atoms with Gasteiger partial charge in [0.2, 0.25) is 0 Å². The van der Waals surface area contributed by atoms with Gasteiger partial charge in [-0.1, -0.05) is 18.2 Å². The summed E-state index contributed by atoms with van der Waals surface area (Å²) in [5, 5.41) is 4.04. The molecule has 0 saturated carbocycles. The normalized spacial score (nSPS) is 14.8. The number of thiophene rings is 1. The maximum Gasteiger partial charge on any atom is 0.410 e. The van der Waals surface area contributed by atoms with E-state index in [4.69, 9.17) is 4.74 Å². The van der Waals surface area contributed by atoms with Gasteiger partial charge in [0.1, 0.15) is 11.5 Å². The molecule has 28 heavy (non-hydrogen) atoms. The van der Waals surface area contributed by atoms with Crippen molar-refractivity contribution >= 4 is 28.3 Å². The molecule has 1 fully saturated rings. The Labute approximate surface area is 170 Å². The highest BCUT2D eigenvalue weighted by Crippen LogP contribution is 2.32. The molecule has 0 spiro atoms. The molecule has 6 nitrogen and oxygen atoms in total. The van der Waals surface area contributed by atoms with Gasteiger partial charge in [-0.15, -0.1) is 11.3 Å².